The van der Waals surface area contributed by atoms with Crippen molar-refractivity contribution in [3.05, 3.63) is 51.5 Å². The number of ether oxygens (including phenoxy) is 1. The largest absolute Gasteiger partial charge is 0.495 e. The van der Waals surface area contributed by atoms with Gasteiger partial charge in [-0.3, -0.25) is 4.72 Å². The molecule has 0 radical (unpaired) electrons. The predicted molar refractivity (Wildman–Crippen MR) is 87.7 cm³/mol. The van der Waals surface area contributed by atoms with E-state index in [1.807, 2.05) is 0 Å². The molecule has 0 bridgehead atoms. The highest BCUT2D eigenvalue weighted by molar-refractivity contribution is 9.10. The van der Waals surface area contributed by atoms with E-state index < -0.39 is 10.0 Å². The number of sulfonamides is 1. The minimum absolute atomic E-state index is 0.212. The topological polar surface area (TPSA) is 55.4 Å². The van der Waals surface area contributed by atoms with Crippen molar-refractivity contribution in [1.82, 2.24) is 0 Å². The van der Waals surface area contributed by atoms with E-state index in [-0.39, 0.29) is 4.90 Å². The van der Waals surface area contributed by atoms with Crippen LogP contribution in [0.25, 0.3) is 0 Å². The quantitative estimate of drug-likeness (QED) is 0.850. The Kier molecular flexibility index (Phi) is 4.81. The Morgan fingerprint density at radius 2 is 1.90 bits per heavy atom. The molecule has 0 aromatic heterocycles. The lowest BCUT2D eigenvalue weighted by molar-refractivity contribution is 0.415. The summed E-state index contributed by atoms with van der Waals surface area (Å²) in [6, 6.07) is 9.79. The van der Waals surface area contributed by atoms with E-state index in [2.05, 4.69) is 20.7 Å². The third-order valence-corrected chi connectivity index (χ3v) is 5.16. The second kappa shape index (κ2) is 6.25. The van der Waals surface area contributed by atoms with Gasteiger partial charge in [0.2, 0.25) is 0 Å². The smallest absolute Gasteiger partial charge is 0.262 e. The molecule has 4 nitrogen and oxygen atoms in total. The normalized spacial score (nSPS) is 11.2. The van der Waals surface area contributed by atoms with Gasteiger partial charge in [0.25, 0.3) is 10.0 Å². The minimum Gasteiger partial charge on any atom is -0.495 e. The number of benzene rings is 2. The van der Waals surface area contributed by atoms with Crippen LogP contribution in [0, 0.1) is 6.92 Å². The number of halogens is 2. The Morgan fingerprint density at radius 1 is 1.19 bits per heavy atom. The van der Waals surface area contributed by atoms with Crippen LogP contribution in [0.3, 0.4) is 0 Å². The maximum Gasteiger partial charge on any atom is 0.262 e. The third-order valence-electron chi connectivity index (χ3n) is 2.84. The zero-order valence-electron chi connectivity index (χ0n) is 11.4. The number of aryl methyl sites for hydroxylation is 1. The van der Waals surface area contributed by atoms with Crippen molar-refractivity contribution in [1.29, 1.82) is 0 Å². The highest BCUT2D eigenvalue weighted by atomic mass is 79.9. The lowest BCUT2D eigenvalue weighted by Gasteiger charge is -2.12. The van der Waals surface area contributed by atoms with E-state index in [4.69, 9.17) is 16.3 Å². The Morgan fingerprint density at radius 3 is 2.52 bits per heavy atom. The summed E-state index contributed by atoms with van der Waals surface area (Å²) in [7, 11) is -2.19. The molecule has 0 atom stereocenters. The molecule has 2 aromatic carbocycles. The van der Waals surface area contributed by atoms with Crippen molar-refractivity contribution in [3.63, 3.8) is 0 Å². The van der Waals surface area contributed by atoms with Crippen LogP contribution in [0.15, 0.2) is 45.8 Å². The van der Waals surface area contributed by atoms with Crippen LogP contribution in [0.5, 0.6) is 5.75 Å². The van der Waals surface area contributed by atoms with Gasteiger partial charge in [0.1, 0.15) is 5.75 Å². The van der Waals surface area contributed by atoms with Crippen LogP contribution in [0.2, 0.25) is 5.02 Å². The summed E-state index contributed by atoms with van der Waals surface area (Å²) in [6.07, 6.45) is 0. The van der Waals surface area contributed by atoms with Crippen molar-refractivity contribution in [2.24, 2.45) is 0 Å². The average Bonchev–Trinajstić information content (AvgIpc) is 2.41. The molecule has 0 spiro atoms. The zero-order chi connectivity index (χ0) is 15.6. The maximum atomic E-state index is 12.4. The van der Waals surface area contributed by atoms with Gasteiger partial charge < -0.3 is 4.74 Å². The van der Waals surface area contributed by atoms with Crippen LogP contribution in [-0.2, 0) is 10.0 Å². The molecule has 0 saturated carbocycles. The molecular formula is C14H13BrClNO3S. The Labute approximate surface area is 137 Å². The number of anilines is 1. The Hall–Kier alpha value is -1.24. The van der Waals surface area contributed by atoms with E-state index in [0.717, 1.165) is 0 Å². The first-order chi connectivity index (χ1) is 9.83. The number of nitrogens with one attached hydrogen (secondary N) is 1. The van der Waals surface area contributed by atoms with Crippen molar-refractivity contribution in [2.75, 3.05) is 11.8 Å². The Balaban J connectivity index is 2.37. The van der Waals surface area contributed by atoms with Crippen molar-refractivity contribution < 1.29 is 13.2 Å². The summed E-state index contributed by atoms with van der Waals surface area (Å²) >= 11 is 9.27. The summed E-state index contributed by atoms with van der Waals surface area (Å²) in [5.41, 5.74) is 1.03. The van der Waals surface area contributed by atoms with Crippen LogP contribution >= 0.6 is 27.5 Å². The van der Waals surface area contributed by atoms with Crippen molar-refractivity contribution >= 4 is 43.2 Å². The van der Waals surface area contributed by atoms with Crippen LogP contribution in [-0.4, -0.2) is 15.5 Å². The van der Waals surface area contributed by atoms with E-state index >= 15 is 0 Å². The lowest BCUT2D eigenvalue weighted by atomic mass is 10.2. The molecule has 0 saturated heterocycles. The van der Waals surface area contributed by atoms with Gasteiger partial charge in [-0.1, -0.05) is 33.6 Å². The summed E-state index contributed by atoms with van der Waals surface area (Å²) in [5.74, 6) is 0.484. The molecule has 2 rings (SSSR count). The minimum atomic E-state index is -3.68. The van der Waals surface area contributed by atoms with Crippen LogP contribution in [0.4, 0.5) is 5.69 Å². The fraction of sp³-hybridized carbons (Fsp3) is 0.143. The highest BCUT2D eigenvalue weighted by Crippen LogP contribution is 2.29. The lowest BCUT2D eigenvalue weighted by Crippen LogP contribution is -2.14. The van der Waals surface area contributed by atoms with Gasteiger partial charge in [-0.05, 0) is 42.8 Å². The van der Waals surface area contributed by atoms with Gasteiger partial charge in [0.15, 0.2) is 0 Å². The van der Waals surface area contributed by atoms with Crippen LogP contribution < -0.4 is 9.46 Å². The summed E-state index contributed by atoms with van der Waals surface area (Å²) in [6.45, 7) is 1.74. The number of hydrogen-bond donors (Lipinski definition) is 1. The standard InChI is InChI=1S/C14H13BrClNO3S/c1-9-3-4-10(15)7-14(9)21(18,19)17-11-5-6-13(20-2)12(16)8-11/h3-8,17H,1-2H3. The molecule has 0 unspecified atom stereocenters. The summed E-state index contributed by atoms with van der Waals surface area (Å²) < 4.78 is 33.1. The molecule has 21 heavy (non-hydrogen) atoms. The number of methoxy groups -OCH3 is 1. The maximum absolute atomic E-state index is 12.4. The number of hydrogen-bond acceptors (Lipinski definition) is 3. The first-order valence-corrected chi connectivity index (χ1v) is 8.61. The SMILES string of the molecule is COc1ccc(NS(=O)(=O)c2cc(Br)ccc2C)cc1Cl. The van der Waals surface area contributed by atoms with Gasteiger partial charge in [-0.15, -0.1) is 0 Å². The summed E-state index contributed by atoms with van der Waals surface area (Å²) in [4.78, 5) is 0.212. The second-order valence-corrected chi connectivity index (χ2v) is 7.34. The fourth-order valence-corrected chi connectivity index (χ4v) is 3.90. The molecule has 0 aliphatic carbocycles. The fourth-order valence-electron chi connectivity index (χ4n) is 1.80. The molecule has 0 aliphatic rings. The molecule has 0 fully saturated rings. The van der Waals surface area contributed by atoms with Gasteiger partial charge in [0.05, 0.1) is 22.7 Å². The predicted octanol–water partition coefficient (Wildman–Crippen LogP) is 4.22. The molecule has 0 heterocycles. The molecule has 7 heteroatoms. The monoisotopic (exact) mass is 389 g/mol. The second-order valence-electron chi connectivity index (χ2n) is 4.36. The zero-order valence-corrected chi connectivity index (χ0v) is 14.5. The van der Waals surface area contributed by atoms with E-state index in [1.165, 1.54) is 13.2 Å². The van der Waals surface area contributed by atoms with E-state index in [1.54, 1.807) is 37.3 Å². The third kappa shape index (κ3) is 3.70. The molecule has 0 aliphatic heterocycles. The molecule has 0 amide bonds. The Bertz CT molecular complexity index is 778. The molecule has 1 N–H and O–H groups in total. The van der Waals surface area contributed by atoms with E-state index in [9.17, 15) is 8.42 Å². The average molecular weight is 391 g/mol. The van der Waals surface area contributed by atoms with Gasteiger partial charge in [0, 0.05) is 4.47 Å². The van der Waals surface area contributed by atoms with Gasteiger partial charge in [-0.25, -0.2) is 8.42 Å². The highest BCUT2D eigenvalue weighted by Gasteiger charge is 2.18. The first-order valence-electron chi connectivity index (χ1n) is 5.96. The van der Waals surface area contributed by atoms with Crippen molar-refractivity contribution in [2.45, 2.75) is 11.8 Å². The molecular weight excluding hydrogens is 378 g/mol. The number of rotatable bonds is 4. The molecule has 2 aromatic rings. The molecule has 112 valence electrons. The van der Waals surface area contributed by atoms with Gasteiger partial charge in [-0.2, -0.15) is 0 Å². The van der Waals surface area contributed by atoms with E-state index in [0.29, 0.717) is 26.5 Å². The summed E-state index contributed by atoms with van der Waals surface area (Å²) in [5, 5.41) is 0.337. The van der Waals surface area contributed by atoms with Crippen molar-refractivity contribution in [3.8, 4) is 5.75 Å². The first kappa shape index (κ1) is 16.1. The van der Waals surface area contributed by atoms with Gasteiger partial charge >= 0.3 is 0 Å². The van der Waals surface area contributed by atoms with Crippen LogP contribution in [0.1, 0.15) is 5.56 Å².